The summed E-state index contributed by atoms with van der Waals surface area (Å²) >= 11 is 0. The van der Waals surface area contributed by atoms with E-state index >= 15 is 0 Å². The van der Waals surface area contributed by atoms with Gasteiger partial charge in [0.25, 0.3) is 0 Å². The third-order valence-electron chi connectivity index (χ3n) is 8.41. The van der Waals surface area contributed by atoms with Crippen molar-refractivity contribution in [3.63, 3.8) is 0 Å². The van der Waals surface area contributed by atoms with Crippen LogP contribution in [0, 0.1) is 11.7 Å². The highest BCUT2D eigenvalue weighted by molar-refractivity contribution is 7.92. The van der Waals surface area contributed by atoms with Gasteiger partial charge in [0.05, 0.1) is 4.90 Å². The van der Waals surface area contributed by atoms with E-state index in [0.29, 0.717) is 13.1 Å². The molecule has 6 nitrogen and oxygen atoms in total. The number of amides is 2. The molecule has 2 aliphatic rings. The second-order valence-corrected chi connectivity index (χ2v) is 13.0. The Balaban J connectivity index is 1.69. The molecule has 2 aromatic rings. The maximum absolute atomic E-state index is 14.7. The molecule has 1 heterocycles. The lowest BCUT2D eigenvalue weighted by atomic mass is 9.76. The van der Waals surface area contributed by atoms with Gasteiger partial charge in [-0.15, -0.1) is 0 Å². The Morgan fingerprint density at radius 2 is 1.23 bits per heavy atom. The summed E-state index contributed by atoms with van der Waals surface area (Å²) in [5.74, 6) is -1.77. The van der Waals surface area contributed by atoms with Gasteiger partial charge in [0, 0.05) is 44.6 Å². The number of halogens is 8. The second-order valence-electron chi connectivity index (χ2n) is 10.8. The molecule has 0 radical (unpaired) electrons. The molecule has 0 atom stereocenters. The summed E-state index contributed by atoms with van der Waals surface area (Å²) < 4.78 is 134. The van der Waals surface area contributed by atoms with Crippen molar-refractivity contribution in [3.05, 3.63) is 65.5 Å². The predicted octanol–water partition coefficient (Wildman–Crippen LogP) is 5.67. The van der Waals surface area contributed by atoms with Crippen molar-refractivity contribution in [2.75, 3.05) is 26.2 Å². The second kappa shape index (κ2) is 11.4. The van der Waals surface area contributed by atoms with E-state index in [0.717, 1.165) is 36.4 Å². The van der Waals surface area contributed by atoms with E-state index in [-0.39, 0.29) is 73.2 Å². The monoisotopic (exact) mass is 640 g/mol. The number of rotatable bonds is 5. The van der Waals surface area contributed by atoms with Crippen molar-refractivity contribution in [3.8, 4) is 0 Å². The first-order chi connectivity index (χ1) is 19.8. The van der Waals surface area contributed by atoms with E-state index in [1.165, 1.54) is 6.92 Å². The highest BCUT2D eigenvalue weighted by Crippen LogP contribution is 2.54. The lowest BCUT2D eigenvalue weighted by Gasteiger charge is -2.42. The third-order valence-corrected chi connectivity index (χ3v) is 11.0. The molecule has 1 aliphatic heterocycles. The summed E-state index contributed by atoms with van der Waals surface area (Å²) in [7, 11) is -4.46. The first-order valence-electron chi connectivity index (χ1n) is 13.3. The minimum atomic E-state index is -6.35. The fourth-order valence-corrected chi connectivity index (χ4v) is 8.04. The number of piperazine rings is 1. The van der Waals surface area contributed by atoms with Gasteiger partial charge in [-0.3, -0.25) is 9.59 Å². The zero-order valence-corrected chi connectivity index (χ0v) is 23.6. The van der Waals surface area contributed by atoms with Crippen molar-refractivity contribution in [1.29, 1.82) is 0 Å². The van der Waals surface area contributed by atoms with E-state index in [9.17, 15) is 53.1 Å². The molecule has 0 unspecified atom stereocenters. The molecular formula is C28H28F8N2O4S. The lowest BCUT2D eigenvalue weighted by molar-refractivity contribution is -0.348. The smallest absolute Gasteiger partial charge is 0.339 e. The van der Waals surface area contributed by atoms with Gasteiger partial charge in [-0.25, -0.2) is 17.2 Å². The van der Waals surface area contributed by atoms with Gasteiger partial charge < -0.3 is 9.80 Å². The first-order valence-corrected chi connectivity index (χ1v) is 14.8. The number of nitrogens with zero attached hydrogens (tertiary/aromatic N) is 2. The number of hydrogen-bond acceptors (Lipinski definition) is 4. The largest absolute Gasteiger partial charge is 0.435 e. The molecule has 4 rings (SSSR count). The topological polar surface area (TPSA) is 74.8 Å². The SMILES string of the molecule is CC(=O)N1CCN(C(=O)C2CCC(c3ccc(C(F)(C(F)(F)F)C(F)(F)F)cc3)(S(=O)(=O)c3ccc(F)cc3)CC2)CC1. The average molecular weight is 641 g/mol. The molecule has 2 fully saturated rings. The van der Waals surface area contributed by atoms with Crippen LogP contribution in [0.3, 0.4) is 0 Å². The summed E-state index contributed by atoms with van der Waals surface area (Å²) in [6.45, 7) is 2.62. The van der Waals surface area contributed by atoms with Crippen molar-refractivity contribution in [1.82, 2.24) is 9.80 Å². The molecule has 0 spiro atoms. The maximum Gasteiger partial charge on any atom is 0.435 e. The van der Waals surface area contributed by atoms with Crippen LogP contribution in [0.4, 0.5) is 35.1 Å². The van der Waals surface area contributed by atoms with Crippen molar-refractivity contribution >= 4 is 21.7 Å². The van der Waals surface area contributed by atoms with Crippen LogP contribution in [0.5, 0.6) is 0 Å². The number of carbonyl (C=O) groups excluding carboxylic acids is 2. The van der Waals surface area contributed by atoms with Crippen LogP contribution in [-0.2, 0) is 29.8 Å². The Bertz CT molecular complexity index is 1430. The van der Waals surface area contributed by atoms with Crippen LogP contribution < -0.4 is 0 Å². The van der Waals surface area contributed by atoms with Crippen LogP contribution >= 0.6 is 0 Å². The molecule has 0 N–H and O–H groups in total. The highest BCUT2D eigenvalue weighted by atomic mass is 32.2. The Kier molecular flexibility index (Phi) is 8.63. The van der Waals surface area contributed by atoms with Crippen LogP contribution in [0.25, 0.3) is 0 Å². The molecule has 43 heavy (non-hydrogen) atoms. The number of sulfone groups is 1. The Morgan fingerprint density at radius 3 is 1.67 bits per heavy atom. The van der Waals surface area contributed by atoms with Crippen LogP contribution in [0.15, 0.2) is 53.4 Å². The van der Waals surface area contributed by atoms with Gasteiger partial charge in [0.1, 0.15) is 10.6 Å². The van der Waals surface area contributed by atoms with Crippen LogP contribution in [-0.4, -0.2) is 68.6 Å². The van der Waals surface area contributed by atoms with E-state index in [1.807, 2.05) is 0 Å². The van der Waals surface area contributed by atoms with Gasteiger partial charge in [0.2, 0.25) is 11.8 Å². The third kappa shape index (κ3) is 5.72. The van der Waals surface area contributed by atoms with Gasteiger partial charge in [-0.2, -0.15) is 26.3 Å². The number of hydrogen-bond donors (Lipinski definition) is 0. The molecule has 0 bridgehead atoms. The van der Waals surface area contributed by atoms with Gasteiger partial charge in [-0.1, -0.05) is 24.3 Å². The van der Waals surface area contributed by atoms with Gasteiger partial charge in [-0.05, 0) is 55.5 Å². The molecule has 2 amide bonds. The molecule has 1 aliphatic carbocycles. The van der Waals surface area contributed by atoms with E-state index in [1.54, 1.807) is 9.80 Å². The Labute approximate surface area is 242 Å². The van der Waals surface area contributed by atoms with Crippen molar-refractivity contribution in [2.24, 2.45) is 5.92 Å². The summed E-state index contributed by atoms with van der Waals surface area (Å²) in [6.07, 6.45) is -13.2. The maximum atomic E-state index is 14.7. The van der Waals surface area contributed by atoms with Crippen molar-refractivity contribution < 1.29 is 53.1 Å². The Hall–Kier alpha value is -3.23. The van der Waals surface area contributed by atoms with Gasteiger partial charge in [0.15, 0.2) is 9.84 Å². The van der Waals surface area contributed by atoms with Gasteiger partial charge >= 0.3 is 18.0 Å². The minimum Gasteiger partial charge on any atom is -0.339 e. The van der Waals surface area contributed by atoms with E-state index < -0.39 is 49.9 Å². The molecule has 1 saturated heterocycles. The fraction of sp³-hybridized carbons (Fsp3) is 0.500. The minimum absolute atomic E-state index is 0.00603. The number of carbonyl (C=O) groups is 2. The summed E-state index contributed by atoms with van der Waals surface area (Å²) in [6, 6.07) is 5.76. The fourth-order valence-electron chi connectivity index (χ4n) is 5.87. The Morgan fingerprint density at radius 1 is 0.767 bits per heavy atom. The zero-order chi connectivity index (χ0) is 32.0. The lowest BCUT2D eigenvalue weighted by Crippen LogP contribution is -2.52. The standard InChI is InChI=1S/C28H28F8N2O4S/c1-18(39)37-14-16-38(17-15-37)24(40)19-10-12-25(13-11-19,43(41,42)23-8-6-22(29)7-9-23)20-2-4-21(5-3-20)26(30,27(31,32)33)28(34,35)36/h2-9,19H,10-17H2,1H3. The predicted molar refractivity (Wildman–Crippen MR) is 137 cm³/mol. The molecule has 236 valence electrons. The van der Waals surface area contributed by atoms with Crippen molar-refractivity contribution in [2.45, 2.75) is 60.3 Å². The number of benzene rings is 2. The quantitative estimate of drug-likeness (QED) is 0.312. The normalized spacial score (nSPS) is 22.4. The van der Waals surface area contributed by atoms with E-state index in [2.05, 4.69) is 0 Å². The van der Waals surface area contributed by atoms with E-state index in [4.69, 9.17) is 0 Å². The van der Waals surface area contributed by atoms with Crippen LogP contribution in [0.2, 0.25) is 0 Å². The molecular weight excluding hydrogens is 612 g/mol. The summed E-state index contributed by atoms with van der Waals surface area (Å²) in [4.78, 5) is 27.7. The first kappa shape index (κ1) is 32.7. The molecule has 15 heteroatoms. The van der Waals surface area contributed by atoms with Crippen LogP contribution in [0.1, 0.15) is 43.7 Å². The summed E-state index contributed by atoms with van der Waals surface area (Å²) in [5, 5.41) is 0. The zero-order valence-electron chi connectivity index (χ0n) is 22.8. The molecule has 0 aromatic heterocycles. The summed E-state index contributed by atoms with van der Waals surface area (Å²) in [5.41, 5.74) is -7.65. The number of alkyl halides is 7. The molecule has 1 saturated carbocycles. The average Bonchev–Trinajstić information content (AvgIpc) is 2.95. The molecule has 2 aromatic carbocycles. The highest BCUT2D eigenvalue weighted by Gasteiger charge is 2.73.